The number of halogens is 3. The van der Waals surface area contributed by atoms with Gasteiger partial charge in [-0.1, -0.05) is 0 Å². The molecule has 30 heavy (non-hydrogen) atoms. The van der Waals surface area contributed by atoms with Crippen LogP contribution in [0.25, 0.3) is 0 Å². The molecule has 2 heterocycles. The summed E-state index contributed by atoms with van der Waals surface area (Å²) in [5.41, 5.74) is -1.02. The molecule has 0 amide bonds. The van der Waals surface area contributed by atoms with Gasteiger partial charge in [0.2, 0.25) is 21.9 Å². The van der Waals surface area contributed by atoms with E-state index in [2.05, 4.69) is 15.3 Å². The average Bonchev–Trinajstić information content (AvgIpc) is 2.68. The number of aromatic nitrogens is 2. The molecule has 13 heteroatoms. The maximum Gasteiger partial charge on any atom is 0.423 e. The van der Waals surface area contributed by atoms with Crippen molar-refractivity contribution in [3.05, 3.63) is 36.0 Å². The van der Waals surface area contributed by atoms with E-state index in [-0.39, 0.29) is 36.2 Å². The Morgan fingerprint density at radius 2 is 2.07 bits per heavy atom. The van der Waals surface area contributed by atoms with Gasteiger partial charge in [-0.25, -0.2) is 18.1 Å². The van der Waals surface area contributed by atoms with E-state index in [1.807, 2.05) is 0 Å². The van der Waals surface area contributed by atoms with Crippen LogP contribution >= 0.6 is 0 Å². The number of nitrogens with zero attached hydrogens (tertiary/aromatic N) is 2. The summed E-state index contributed by atoms with van der Waals surface area (Å²) < 4.78 is 97.1. The molecular formula is C17H19F3N4O5S. The normalized spacial score (nSPS) is 21.9. The van der Waals surface area contributed by atoms with Gasteiger partial charge in [-0.15, -0.1) is 0 Å². The number of nitrogens with one attached hydrogen (secondary N) is 2. The largest absolute Gasteiger partial charge is 0.471 e. The molecule has 2 atom stereocenters. The van der Waals surface area contributed by atoms with E-state index >= 15 is 0 Å². The summed E-state index contributed by atoms with van der Waals surface area (Å²) in [6, 6.07) is 4.68. The third-order valence-electron chi connectivity index (χ3n) is 4.14. The molecule has 1 aliphatic heterocycles. The Hall–Kier alpha value is -2.48. The lowest BCUT2D eigenvalue weighted by Gasteiger charge is -2.28. The maximum absolute atomic E-state index is 13.4. The van der Waals surface area contributed by atoms with Crippen molar-refractivity contribution in [3.8, 4) is 5.88 Å². The number of anilines is 2. The van der Waals surface area contributed by atoms with Gasteiger partial charge in [0.1, 0.15) is 17.8 Å². The van der Waals surface area contributed by atoms with Crippen molar-refractivity contribution in [2.45, 2.75) is 29.7 Å². The third kappa shape index (κ3) is 5.16. The van der Waals surface area contributed by atoms with E-state index in [9.17, 15) is 26.7 Å². The average molecular weight is 451 g/mol. The zero-order valence-corrected chi connectivity index (χ0v) is 16.0. The Labute approximate surface area is 174 Å². The highest BCUT2D eigenvalue weighted by molar-refractivity contribution is 7.89. The van der Waals surface area contributed by atoms with E-state index in [0.29, 0.717) is 6.20 Å². The Bertz CT molecular complexity index is 1080. The molecule has 0 spiro atoms. The number of aliphatic hydroxyl groups excluding tert-OH is 1. The van der Waals surface area contributed by atoms with Crippen molar-refractivity contribution < 1.29 is 40.3 Å². The highest BCUT2D eigenvalue weighted by atomic mass is 32.2. The monoisotopic (exact) mass is 451 g/mol. The Morgan fingerprint density at radius 3 is 2.70 bits per heavy atom. The number of sulfonamides is 1. The molecule has 3 N–H and O–H groups in total. The molecule has 2 aromatic rings. The van der Waals surface area contributed by atoms with Gasteiger partial charge in [0.05, 0.1) is 18.1 Å². The van der Waals surface area contributed by atoms with Crippen LogP contribution in [-0.2, 0) is 20.9 Å². The van der Waals surface area contributed by atoms with Gasteiger partial charge in [0.15, 0.2) is 0 Å². The highest BCUT2D eigenvalue weighted by Crippen LogP contribution is 2.36. The topological polar surface area (TPSA) is 123 Å². The first kappa shape index (κ1) is 18.3. The van der Waals surface area contributed by atoms with Crippen LogP contribution in [0.15, 0.2) is 35.4 Å². The zero-order valence-electron chi connectivity index (χ0n) is 18.2. The Kier molecular flexibility index (Phi) is 5.32. The van der Waals surface area contributed by atoms with Crippen molar-refractivity contribution in [3.63, 3.8) is 0 Å². The second kappa shape index (κ2) is 8.71. The first-order valence-corrected chi connectivity index (χ1v) is 10.0. The number of hydrogen-bond donors (Lipinski definition) is 3. The molecule has 1 fully saturated rings. The lowest BCUT2D eigenvalue weighted by Crippen LogP contribution is -2.41. The quantitative estimate of drug-likeness (QED) is 0.606. The molecule has 9 nitrogen and oxygen atoms in total. The van der Waals surface area contributed by atoms with Crippen molar-refractivity contribution >= 4 is 21.7 Å². The van der Waals surface area contributed by atoms with Crippen molar-refractivity contribution in [1.29, 1.82) is 0 Å². The van der Waals surface area contributed by atoms with E-state index in [1.165, 1.54) is 16.9 Å². The van der Waals surface area contributed by atoms with E-state index in [0.717, 1.165) is 12.1 Å². The van der Waals surface area contributed by atoms with Gasteiger partial charge < -0.3 is 19.9 Å². The lowest BCUT2D eigenvalue weighted by molar-refractivity contribution is -0.141. The van der Waals surface area contributed by atoms with Crippen LogP contribution in [0.1, 0.15) is 16.1 Å². The number of hydrogen-bond acceptors (Lipinski definition) is 8. The molecule has 0 unspecified atom stereocenters. The number of ether oxygens (including phenoxy) is 2. The summed E-state index contributed by atoms with van der Waals surface area (Å²) >= 11 is 0. The van der Waals surface area contributed by atoms with Gasteiger partial charge in [0, 0.05) is 22.4 Å². The van der Waals surface area contributed by atoms with Crippen LogP contribution in [0, 0.1) is 0 Å². The Morgan fingerprint density at radius 1 is 1.33 bits per heavy atom. The molecule has 1 saturated heterocycles. The molecule has 0 saturated carbocycles. The van der Waals surface area contributed by atoms with Gasteiger partial charge in [0.25, 0.3) is 0 Å². The highest BCUT2D eigenvalue weighted by Gasteiger charge is 2.38. The van der Waals surface area contributed by atoms with Crippen LogP contribution in [0.5, 0.6) is 5.88 Å². The van der Waals surface area contributed by atoms with Crippen LogP contribution in [0.2, 0.25) is 0 Å². The molecule has 3 rings (SSSR count). The van der Waals surface area contributed by atoms with E-state index in [1.54, 1.807) is 0 Å². The summed E-state index contributed by atoms with van der Waals surface area (Å²) in [6.45, 7) is -2.81. The second-order valence-corrected chi connectivity index (χ2v) is 7.93. The third-order valence-corrected chi connectivity index (χ3v) is 5.30. The number of benzene rings is 1. The summed E-state index contributed by atoms with van der Waals surface area (Å²) in [5, 5.41) is 12.5. The maximum atomic E-state index is 13.4. The second-order valence-electron chi connectivity index (χ2n) is 6.25. The molecule has 0 aliphatic carbocycles. The minimum Gasteiger partial charge on any atom is -0.471 e. The summed E-state index contributed by atoms with van der Waals surface area (Å²) in [7, 11) is -4.31. The number of alkyl halides is 3. The predicted octanol–water partition coefficient (Wildman–Crippen LogP) is 1.68. The summed E-state index contributed by atoms with van der Waals surface area (Å²) in [5.74, 6) is -1.07. The zero-order chi connectivity index (χ0) is 24.4. The predicted molar refractivity (Wildman–Crippen MR) is 98.9 cm³/mol. The lowest BCUT2D eigenvalue weighted by atomic mass is 10.1. The van der Waals surface area contributed by atoms with Crippen LogP contribution < -0.4 is 14.8 Å². The van der Waals surface area contributed by atoms with Gasteiger partial charge in [-0.05, 0) is 31.2 Å². The molecule has 1 aromatic heterocycles. The number of rotatable bonds is 6. The Balaban J connectivity index is 1.82. The van der Waals surface area contributed by atoms with Crippen molar-refractivity contribution in [2.75, 3.05) is 25.5 Å². The fourth-order valence-corrected chi connectivity index (χ4v) is 3.21. The molecule has 1 aromatic carbocycles. The fourth-order valence-electron chi connectivity index (χ4n) is 2.60. The van der Waals surface area contributed by atoms with E-state index in [4.69, 9.17) is 13.6 Å². The van der Waals surface area contributed by atoms with Crippen LogP contribution in [-0.4, -0.2) is 55.9 Å². The summed E-state index contributed by atoms with van der Waals surface area (Å²) in [4.78, 5) is 7.04. The molecule has 164 valence electrons. The summed E-state index contributed by atoms with van der Waals surface area (Å²) in [6.07, 6.45) is -6.22. The smallest absolute Gasteiger partial charge is 0.423 e. The minimum atomic E-state index is -4.81. The molecular weight excluding hydrogens is 429 g/mol. The standard InChI is InChI=1S/C17H19F3N4O5S/c1-21-30(26,27)11-4-2-10(3-5-11)23-16-22-8-12(17(18,19)20)15(24-16)29-14-6-7-28-9-13(14)25/h2-5,8,13-14,21,25H,6-7,9H2,1H3,(H,22,23,24)/t13-,14-/m1/s1/i1D3. The van der Waals surface area contributed by atoms with Gasteiger partial charge in [-0.2, -0.15) is 18.2 Å². The molecule has 1 aliphatic rings. The SMILES string of the molecule is [2H]C([2H])([2H])NS(=O)(=O)c1ccc(Nc2ncc(C(F)(F)F)c(O[C@@H]3CCOC[C@H]3O)n2)cc1. The van der Waals surface area contributed by atoms with Crippen LogP contribution in [0.4, 0.5) is 24.8 Å². The van der Waals surface area contributed by atoms with E-state index < -0.39 is 46.8 Å². The van der Waals surface area contributed by atoms with Crippen molar-refractivity contribution in [2.24, 2.45) is 0 Å². The van der Waals surface area contributed by atoms with Gasteiger partial charge >= 0.3 is 6.18 Å². The molecule has 0 bridgehead atoms. The first-order chi connectivity index (χ1) is 15.2. The first-order valence-electron chi connectivity index (χ1n) is 10.0. The van der Waals surface area contributed by atoms with Gasteiger partial charge in [-0.3, -0.25) is 0 Å². The molecule has 0 radical (unpaired) electrons. The minimum absolute atomic E-state index is 0.0892. The van der Waals surface area contributed by atoms with Crippen molar-refractivity contribution in [1.82, 2.24) is 14.7 Å². The fraction of sp³-hybridized carbons (Fsp3) is 0.412. The number of aliphatic hydroxyl groups is 1. The van der Waals surface area contributed by atoms with Crippen LogP contribution in [0.3, 0.4) is 0 Å².